The second-order valence-electron chi connectivity index (χ2n) is 6.28. The molecule has 0 bridgehead atoms. The number of hydrogen-bond donors (Lipinski definition) is 1. The van der Waals surface area contributed by atoms with Gasteiger partial charge in [0.15, 0.2) is 5.65 Å². The van der Waals surface area contributed by atoms with E-state index in [0.717, 1.165) is 19.3 Å². The number of fused-ring (bicyclic) bond motifs is 1. The minimum absolute atomic E-state index is 0.0596. The van der Waals surface area contributed by atoms with Crippen molar-refractivity contribution in [3.8, 4) is 0 Å². The van der Waals surface area contributed by atoms with Crippen LogP contribution in [0.1, 0.15) is 25.7 Å². The van der Waals surface area contributed by atoms with E-state index in [9.17, 15) is 9.59 Å². The van der Waals surface area contributed by atoms with Gasteiger partial charge in [0.2, 0.25) is 5.91 Å². The molecular formula is C17H25N5O3. The molecular weight excluding hydrogens is 322 g/mol. The van der Waals surface area contributed by atoms with Crippen molar-refractivity contribution in [3.05, 3.63) is 34.9 Å². The summed E-state index contributed by atoms with van der Waals surface area (Å²) < 4.78 is 8.59. The Labute approximate surface area is 146 Å². The highest BCUT2D eigenvalue weighted by Gasteiger charge is 2.23. The lowest BCUT2D eigenvalue weighted by Crippen LogP contribution is -2.41. The number of aromatic nitrogens is 3. The van der Waals surface area contributed by atoms with Gasteiger partial charge in [-0.15, -0.1) is 5.10 Å². The molecule has 1 aliphatic heterocycles. The second kappa shape index (κ2) is 8.26. The molecule has 0 unspecified atom stereocenters. The fourth-order valence-electron chi connectivity index (χ4n) is 3.08. The van der Waals surface area contributed by atoms with Crippen molar-refractivity contribution in [3.63, 3.8) is 0 Å². The molecule has 1 amide bonds. The van der Waals surface area contributed by atoms with Crippen LogP contribution in [0, 0.1) is 0 Å². The first-order valence-electron chi connectivity index (χ1n) is 8.82. The summed E-state index contributed by atoms with van der Waals surface area (Å²) in [6.45, 7) is 3.02. The zero-order valence-electron chi connectivity index (χ0n) is 14.3. The van der Waals surface area contributed by atoms with E-state index < -0.39 is 0 Å². The summed E-state index contributed by atoms with van der Waals surface area (Å²) >= 11 is 0. The topological polar surface area (TPSA) is 94.9 Å². The van der Waals surface area contributed by atoms with Crippen molar-refractivity contribution in [2.24, 2.45) is 5.73 Å². The van der Waals surface area contributed by atoms with Crippen LogP contribution in [-0.4, -0.2) is 57.3 Å². The van der Waals surface area contributed by atoms with Crippen molar-refractivity contribution in [2.75, 3.05) is 26.2 Å². The van der Waals surface area contributed by atoms with Gasteiger partial charge in [-0.25, -0.2) is 9.48 Å². The number of likely N-dealkylation sites (tertiary alicyclic amines) is 1. The van der Waals surface area contributed by atoms with Crippen molar-refractivity contribution in [1.29, 1.82) is 0 Å². The molecule has 3 rings (SSSR count). The van der Waals surface area contributed by atoms with Crippen LogP contribution in [0.25, 0.3) is 5.65 Å². The summed E-state index contributed by atoms with van der Waals surface area (Å²) in [6.07, 6.45) is 4.75. The lowest BCUT2D eigenvalue weighted by atomic mass is 10.1. The molecule has 25 heavy (non-hydrogen) atoms. The number of ether oxygens (including phenoxy) is 1. The van der Waals surface area contributed by atoms with Crippen LogP contribution in [0.5, 0.6) is 0 Å². The van der Waals surface area contributed by atoms with E-state index in [1.165, 1.54) is 9.08 Å². The molecule has 0 spiro atoms. The Morgan fingerprint density at radius 2 is 2.12 bits per heavy atom. The summed E-state index contributed by atoms with van der Waals surface area (Å²) in [7, 11) is 0. The van der Waals surface area contributed by atoms with Crippen LogP contribution < -0.4 is 11.4 Å². The Morgan fingerprint density at radius 3 is 2.84 bits per heavy atom. The molecule has 0 radical (unpaired) electrons. The molecule has 0 aromatic carbocycles. The number of piperidine rings is 1. The maximum absolute atomic E-state index is 12.4. The summed E-state index contributed by atoms with van der Waals surface area (Å²) in [5, 5.41) is 4.25. The van der Waals surface area contributed by atoms with Gasteiger partial charge < -0.3 is 15.4 Å². The zero-order chi connectivity index (χ0) is 17.6. The number of nitrogens with two attached hydrogens (primary N) is 1. The first kappa shape index (κ1) is 17.6. The Kier molecular flexibility index (Phi) is 5.83. The van der Waals surface area contributed by atoms with Gasteiger partial charge in [-0.3, -0.25) is 9.20 Å². The number of pyridine rings is 1. The van der Waals surface area contributed by atoms with E-state index in [-0.39, 0.29) is 24.1 Å². The minimum Gasteiger partial charge on any atom is -0.378 e. The molecule has 1 saturated heterocycles. The van der Waals surface area contributed by atoms with Crippen LogP contribution in [0.2, 0.25) is 0 Å². The smallest absolute Gasteiger partial charge is 0.350 e. The van der Waals surface area contributed by atoms with Gasteiger partial charge in [-0.2, -0.15) is 0 Å². The van der Waals surface area contributed by atoms with Gasteiger partial charge in [0.1, 0.15) is 0 Å². The van der Waals surface area contributed by atoms with E-state index in [1.807, 2.05) is 11.0 Å². The molecule has 1 fully saturated rings. The Hall–Kier alpha value is -2.19. The molecule has 8 nitrogen and oxygen atoms in total. The molecule has 0 aliphatic carbocycles. The van der Waals surface area contributed by atoms with Crippen molar-refractivity contribution >= 4 is 11.6 Å². The Morgan fingerprint density at radius 1 is 1.32 bits per heavy atom. The van der Waals surface area contributed by atoms with Crippen molar-refractivity contribution in [1.82, 2.24) is 19.1 Å². The summed E-state index contributed by atoms with van der Waals surface area (Å²) in [5.74, 6) is 0.0596. The molecule has 2 N–H and O–H groups in total. The summed E-state index contributed by atoms with van der Waals surface area (Å²) in [6, 6.07) is 5.39. The third kappa shape index (κ3) is 4.26. The molecule has 0 atom stereocenters. The standard InChI is InChI=1S/C17H25N5O3/c18-8-3-13-25-14-5-10-20(11-6-14)16(23)7-12-22-17(24)21-9-2-1-4-15(21)19-22/h1-2,4,9,14H,3,5-8,10-13,18H2. The second-order valence-corrected chi connectivity index (χ2v) is 6.28. The van der Waals surface area contributed by atoms with Crippen LogP contribution >= 0.6 is 0 Å². The molecule has 8 heteroatoms. The summed E-state index contributed by atoms with van der Waals surface area (Å²) in [5.41, 5.74) is 5.84. The van der Waals surface area contributed by atoms with Gasteiger partial charge >= 0.3 is 5.69 Å². The largest absolute Gasteiger partial charge is 0.378 e. The van der Waals surface area contributed by atoms with Crippen LogP contribution in [0.15, 0.2) is 29.2 Å². The lowest BCUT2D eigenvalue weighted by molar-refractivity contribution is -0.134. The number of hydrogen-bond acceptors (Lipinski definition) is 5. The molecule has 136 valence electrons. The van der Waals surface area contributed by atoms with E-state index in [0.29, 0.717) is 38.4 Å². The number of amides is 1. The molecule has 3 heterocycles. The third-order valence-corrected chi connectivity index (χ3v) is 4.52. The highest BCUT2D eigenvalue weighted by molar-refractivity contribution is 5.76. The van der Waals surface area contributed by atoms with Gasteiger partial charge in [0.25, 0.3) is 0 Å². The highest BCUT2D eigenvalue weighted by Crippen LogP contribution is 2.15. The quantitative estimate of drug-likeness (QED) is 0.724. The van der Waals surface area contributed by atoms with Gasteiger partial charge in [0, 0.05) is 32.3 Å². The highest BCUT2D eigenvalue weighted by atomic mass is 16.5. The normalized spacial score (nSPS) is 15.8. The first-order chi connectivity index (χ1) is 12.2. The maximum atomic E-state index is 12.4. The maximum Gasteiger partial charge on any atom is 0.350 e. The van der Waals surface area contributed by atoms with Gasteiger partial charge in [-0.1, -0.05) is 6.07 Å². The van der Waals surface area contributed by atoms with Crippen LogP contribution in [-0.2, 0) is 16.1 Å². The average molecular weight is 347 g/mol. The zero-order valence-corrected chi connectivity index (χ0v) is 14.3. The van der Waals surface area contributed by atoms with E-state index in [4.69, 9.17) is 10.5 Å². The predicted octanol–water partition coefficient (Wildman–Crippen LogP) is 0.243. The number of rotatable bonds is 7. The molecule has 2 aromatic rings. The average Bonchev–Trinajstić information content (AvgIpc) is 2.97. The van der Waals surface area contributed by atoms with E-state index >= 15 is 0 Å². The number of carbonyl (C=O) groups excluding carboxylic acids is 1. The van der Waals surface area contributed by atoms with E-state index in [1.54, 1.807) is 18.3 Å². The van der Waals surface area contributed by atoms with Gasteiger partial charge in [0.05, 0.1) is 12.6 Å². The fourth-order valence-corrected chi connectivity index (χ4v) is 3.08. The molecule has 1 aliphatic rings. The third-order valence-electron chi connectivity index (χ3n) is 4.52. The van der Waals surface area contributed by atoms with E-state index in [2.05, 4.69) is 5.10 Å². The Bertz CT molecular complexity index is 761. The SMILES string of the molecule is NCCCOC1CCN(C(=O)CCn2nc3ccccn3c2=O)CC1. The minimum atomic E-state index is -0.213. The number of carbonyl (C=O) groups is 1. The fraction of sp³-hybridized carbons (Fsp3) is 0.588. The Balaban J connectivity index is 1.48. The summed E-state index contributed by atoms with van der Waals surface area (Å²) in [4.78, 5) is 26.4. The monoisotopic (exact) mass is 347 g/mol. The van der Waals surface area contributed by atoms with Crippen LogP contribution in [0.3, 0.4) is 0 Å². The van der Waals surface area contributed by atoms with Gasteiger partial charge in [-0.05, 0) is 37.9 Å². The lowest BCUT2D eigenvalue weighted by Gasteiger charge is -2.32. The van der Waals surface area contributed by atoms with Crippen LogP contribution in [0.4, 0.5) is 0 Å². The molecule has 2 aromatic heterocycles. The number of nitrogens with zero attached hydrogens (tertiary/aromatic N) is 4. The van der Waals surface area contributed by atoms with Crippen molar-refractivity contribution < 1.29 is 9.53 Å². The number of aryl methyl sites for hydroxylation is 1. The first-order valence-corrected chi connectivity index (χ1v) is 8.82. The molecule has 0 saturated carbocycles. The predicted molar refractivity (Wildman–Crippen MR) is 93.3 cm³/mol. The van der Waals surface area contributed by atoms with Crippen molar-refractivity contribution in [2.45, 2.75) is 38.3 Å².